The molecule has 11 heteroatoms. The van der Waals surface area contributed by atoms with E-state index in [1.807, 2.05) is 0 Å². The van der Waals surface area contributed by atoms with Crippen molar-refractivity contribution in [3.8, 4) is 5.75 Å². The normalized spacial score (nSPS) is 14.9. The number of hydrogen-bond acceptors (Lipinski definition) is 7. The summed E-state index contributed by atoms with van der Waals surface area (Å²) in [5.41, 5.74) is 6.29. The van der Waals surface area contributed by atoms with Crippen LogP contribution in [-0.2, 0) is 4.79 Å². The number of H-pyrrole nitrogens is 1. The fraction of sp³-hybridized carbons (Fsp3) is 0.182. The molecule has 0 fully saturated rings. The second kappa shape index (κ2) is 8.19. The summed E-state index contributed by atoms with van der Waals surface area (Å²) in [7, 11) is 1.62. The third-order valence-corrected chi connectivity index (χ3v) is 6.39. The second-order valence-electron chi connectivity index (χ2n) is 7.87. The van der Waals surface area contributed by atoms with Gasteiger partial charge in [-0.3, -0.25) is 14.9 Å². The van der Waals surface area contributed by atoms with Crippen LogP contribution in [0.2, 0.25) is 0 Å². The van der Waals surface area contributed by atoms with Gasteiger partial charge in [0.25, 0.3) is 11.8 Å². The monoisotopic (exact) mass is 467 g/mol. The maximum atomic E-state index is 12.9. The maximum absolute atomic E-state index is 12.9. The molecule has 4 rings (SSSR count). The summed E-state index contributed by atoms with van der Waals surface area (Å²) in [5.74, 6) is -0.302. The Morgan fingerprint density at radius 1 is 1.27 bits per heavy atom. The summed E-state index contributed by atoms with van der Waals surface area (Å²) in [6, 6.07) is 6.69. The number of ether oxygens (including phenoxy) is 1. The van der Waals surface area contributed by atoms with Crippen LogP contribution in [0.4, 0.5) is 11.5 Å². The van der Waals surface area contributed by atoms with Crippen molar-refractivity contribution in [1.82, 2.24) is 4.98 Å². The lowest BCUT2D eigenvalue weighted by Crippen LogP contribution is -2.83. The summed E-state index contributed by atoms with van der Waals surface area (Å²) >= 11 is 1.18. The van der Waals surface area contributed by atoms with Crippen LogP contribution in [0.1, 0.15) is 38.8 Å². The molecule has 170 valence electrons. The van der Waals surface area contributed by atoms with Gasteiger partial charge in [0.15, 0.2) is 5.60 Å². The molecule has 0 bridgehead atoms. The molecular formula is C22H23N6O4S+. The van der Waals surface area contributed by atoms with Gasteiger partial charge in [0.2, 0.25) is 0 Å². The van der Waals surface area contributed by atoms with E-state index in [-0.39, 0.29) is 17.6 Å². The number of carbonyl (C=O) groups is 3. The molecular weight excluding hydrogens is 444 g/mol. The van der Waals surface area contributed by atoms with E-state index in [1.54, 1.807) is 45.2 Å². The predicted molar refractivity (Wildman–Crippen MR) is 127 cm³/mol. The second-order valence-corrected chi connectivity index (χ2v) is 8.96. The number of hydrogen-bond donors (Lipinski definition) is 6. The molecule has 0 aliphatic carbocycles. The van der Waals surface area contributed by atoms with Gasteiger partial charge in [-0.05, 0) is 38.1 Å². The first-order valence-electron chi connectivity index (χ1n) is 10.1. The van der Waals surface area contributed by atoms with Crippen molar-refractivity contribution >= 4 is 63.3 Å². The van der Waals surface area contributed by atoms with E-state index >= 15 is 0 Å². The third kappa shape index (κ3) is 3.88. The number of fused-ring (bicyclic) bond motifs is 2. The molecule has 0 radical (unpaired) electrons. The highest BCUT2D eigenvalue weighted by Gasteiger charge is 2.36. The van der Waals surface area contributed by atoms with Crippen LogP contribution < -0.4 is 26.4 Å². The zero-order valence-electron chi connectivity index (χ0n) is 18.2. The smallest absolute Gasteiger partial charge is 0.346 e. The predicted octanol–water partition coefficient (Wildman–Crippen LogP) is 1.87. The first-order valence-corrected chi connectivity index (χ1v) is 10.9. The maximum Gasteiger partial charge on any atom is 0.346 e. The number of anilines is 2. The van der Waals surface area contributed by atoms with Crippen molar-refractivity contribution in [2.24, 2.45) is 5.73 Å². The lowest BCUT2D eigenvalue weighted by molar-refractivity contribution is -0.523. The Balaban J connectivity index is 1.75. The van der Waals surface area contributed by atoms with Crippen LogP contribution in [0.15, 0.2) is 30.5 Å². The van der Waals surface area contributed by atoms with E-state index in [9.17, 15) is 14.4 Å². The number of nitrogens with one attached hydrogen (secondary N) is 4. The molecule has 33 heavy (non-hydrogen) atoms. The number of carbonyl (C=O) groups excluding carboxylic acids is 3. The minimum Gasteiger partial charge on any atom is -0.476 e. The van der Waals surface area contributed by atoms with Crippen molar-refractivity contribution in [3.63, 3.8) is 0 Å². The topological polar surface area (TPSA) is 167 Å². The van der Waals surface area contributed by atoms with Crippen molar-refractivity contribution in [3.05, 3.63) is 45.8 Å². The Bertz CT molecular complexity index is 1350. The van der Waals surface area contributed by atoms with Gasteiger partial charge in [0.05, 0.1) is 23.1 Å². The average Bonchev–Trinajstić information content (AvgIpc) is 3.38. The Morgan fingerprint density at radius 2 is 2.00 bits per heavy atom. The van der Waals surface area contributed by atoms with E-state index in [0.717, 1.165) is 6.21 Å². The van der Waals surface area contributed by atoms with E-state index in [4.69, 9.17) is 15.9 Å². The quantitative estimate of drug-likeness (QED) is 0.315. The zero-order chi connectivity index (χ0) is 23.9. The number of primary amides is 1. The minimum absolute atomic E-state index is 0.239. The van der Waals surface area contributed by atoms with Crippen LogP contribution in [0.3, 0.4) is 0 Å². The lowest BCUT2D eigenvalue weighted by atomic mass is 10.0. The number of thiophene rings is 1. The Labute approximate surface area is 192 Å². The molecule has 0 saturated heterocycles. The summed E-state index contributed by atoms with van der Waals surface area (Å²) < 4.78 is 5.85. The molecule has 0 unspecified atom stereocenters. The molecule has 3 heterocycles. The number of allylic oxidation sites excluding steroid dienone is 1. The number of aromatic amines is 1. The molecule has 3 amide bonds. The molecule has 10 nitrogen and oxygen atoms in total. The number of amides is 3. The highest BCUT2D eigenvalue weighted by Crippen LogP contribution is 2.39. The van der Waals surface area contributed by atoms with E-state index in [1.165, 1.54) is 22.9 Å². The summed E-state index contributed by atoms with van der Waals surface area (Å²) in [4.78, 5) is 42.1. The fourth-order valence-electron chi connectivity index (χ4n) is 3.48. The first kappa shape index (κ1) is 22.2. The third-order valence-electron chi connectivity index (χ3n) is 5.26. The molecule has 2 aromatic heterocycles. The van der Waals surface area contributed by atoms with Crippen LogP contribution in [0, 0.1) is 5.41 Å². The van der Waals surface area contributed by atoms with Gasteiger partial charge in [-0.2, -0.15) is 0 Å². The zero-order valence-corrected chi connectivity index (χ0v) is 19.0. The van der Waals surface area contributed by atoms with Crippen molar-refractivity contribution in [2.75, 3.05) is 17.7 Å². The van der Waals surface area contributed by atoms with E-state index in [0.29, 0.717) is 43.2 Å². The molecule has 8 N–H and O–H groups in total. The van der Waals surface area contributed by atoms with Crippen molar-refractivity contribution in [1.29, 1.82) is 5.41 Å². The molecule has 1 aromatic carbocycles. The number of nitrogens with two attached hydrogens (primary N) is 2. The van der Waals surface area contributed by atoms with Gasteiger partial charge >= 0.3 is 5.91 Å². The van der Waals surface area contributed by atoms with Gasteiger partial charge in [-0.1, -0.05) is 0 Å². The Morgan fingerprint density at radius 3 is 2.67 bits per heavy atom. The summed E-state index contributed by atoms with van der Waals surface area (Å²) in [5, 5.41) is 15.0. The van der Waals surface area contributed by atoms with Gasteiger partial charge in [0, 0.05) is 28.3 Å². The van der Waals surface area contributed by atoms with Gasteiger partial charge in [0.1, 0.15) is 17.1 Å². The van der Waals surface area contributed by atoms with Gasteiger partial charge in [-0.25, -0.2) is 4.79 Å². The summed E-state index contributed by atoms with van der Waals surface area (Å²) in [6.07, 6.45) is 2.42. The summed E-state index contributed by atoms with van der Waals surface area (Å²) in [6.45, 7) is 3.31. The highest BCUT2D eigenvalue weighted by molar-refractivity contribution is 7.15. The van der Waals surface area contributed by atoms with Gasteiger partial charge in [-0.15, -0.1) is 11.3 Å². The van der Waals surface area contributed by atoms with Crippen LogP contribution in [0.5, 0.6) is 5.75 Å². The molecule has 3 aromatic rings. The van der Waals surface area contributed by atoms with Crippen LogP contribution in [-0.4, -0.2) is 41.6 Å². The fourth-order valence-corrected chi connectivity index (χ4v) is 4.38. The minimum atomic E-state index is -1.06. The number of quaternary nitrogens is 1. The van der Waals surface area contributed by atoms with Crippen molar-refractivity contribution in [2.45, 2.75) is 19.4 Å². The Kier molecular flexibility index (Phi) is 5.52. The molecule has 0 saturated carbocycles. The van der Waals surface area contributed by atoms with Crippen molar-refractivity contribution < 1.29 is 24.4 Å². The number of aromatic nitrogens is 1. The molecule has 0 atom stereocenters. The van der Waals surface area contributed by atoms with Crippen LogP contribution >= 0.6 is 11.3 Å². The lowest BCUT2D eigenvalue weighted by Gasteiger charge is -2.31. The molecule has 1 aliphatic rings. The van der Waals surface area contributed by atoms with E-state index < -0.39 is 11.5 Å². The SMILES string of the molecule is C[NH2+]C(=O)c1c(NC(=O)c2ccc(/C(C=N)=C/N)s2)[nH]c2cc3c(cc12)OC(C)(C)C(=O)N3. The van der Waals surface area contributed by atoms with Crippen LogP contribution in [0.25, 0.3) is 16.5 Å². The average molecular weight is 468 g/mol. The number of rotatable bonds is 5. The molecule has 0 spiro atoms. The van der Waals surface area contributed by atoms with Gasteiger partial charge < -0.3 is 31.5 Å². The first-order chi connectivity index (χ1) is 15.7. The van der Waals surface area contributed by atoms with E-state index in [2.05, 4.69) is 15.6 Å². The molecule has 1 aliphatic heterocycles. The largest absolute Gasteiger partial charge is 0.476 e. The highest BCUT2D eigenvalue weighted by atomic mass is 32.1. The Hall–Kier alpha value is -3.96. The standard InChI is InChI=1S/C22H22N6O4S/c1-22(2)21(31)27-13-7-12-11(6-14(13)32-22)17(20(30)25-3)18(26-12)28-19(29)16-5-4-15(33-16)10(8-23)9-24/h4-9,23,26H,24H2,1-3H3,(H,25,30)(H,27,31)(H,28,29)/p+1/b10-9+,23-8?. The number of benzene rings is 1.